The van der Waals surface area contributed by atoms with Crippen LogP contribution >= 0.6 is 11.3 Å². The standard InChI is InChI=1S/C13H16FN3S/c1-4-16-8(2)12-9(3)17-13(18-12)10-5-6-15-7-11(10)14/h5-8,16H,4H2,1-3H3. The van der Waals surface area contributed by atoms with E-state index in [-0.39, 0.29) is 11.9 Å². The van der Waals surface area contributed by atoms with Crippen molar-refractivity contribution in [2.75, 3.05) is 6.54 Å². The summed E-state index contributed by atoms with van der Waals surface area (Å²) in [5.74, 6) is -0.325. The Bertz CT molecular complexity index is 539. The van der Waals surface area contributed by atoms with Crippen molar-refractivity contribution in [1.82, 2.24) is 15.3 Å². The summed E-state index contributed by atoms with van der Waals surface area (Å²) in [7, 11) is 0. The molecule has 0 bridgehead atoms. The molecule has 2 rings (SSSR count). The molecule has 0 radical (unpaired) electrons. The summed E-state index contributed by atoms with van der Waals surface area (Å²) in [6.07, 6.45) is 2.81. The van der Waals surface area contributed by atoms with Crippen molar-refractivity contribution in [1.29, 1.82) is 0 Å². The van der Waals surface area contributed by atoms with Gasteiger partial charge in [0, 0.05) is 22.7 Å². The highest BCUT2D eigenvalue weighted by Gasteiger charge is 2.16. The summed E-state index contributed by atoms with van der Waals surface area (Å²) in [6, 6.07) is 1.90. The van der Waals surface area contributed by atoms with E-state index in [4.69, 9.17) is 0 Å². The third kappa shape index (κ3) is 2.57. The van der Waals surface area contributed by atoms with Gasteiger partial charge in [0.2, 0.25) is 0 Å². The van der Waals surface area contributed by atoms with Crippen LogP contribution in [0.4, 0.5) is 4.39 Å². The number of nitrogens with zero attached hydrogens (tertiary/aromatic N) is 2. The van der Waals surface area contributed by atoms with Crippen LogP contribution in [0.3, 0.4) is 0 Å². The first-order chi connectivity index (χ1) is 8.63. The average molecular weight is 265 g/mol. The van der Waals surface area contributed by atoms with Crippen molar-refractivity contribution in [3.8, 4) is 10.6 Å². The maximum Gasteiger partial charge on any atom is 0.151 e. The highest BCUT2D eigenvalue weighted by atomic mass is 32.1. The first kappa shape index (κ1) is 13.1. The number of hydrogen-bond acceptors (Lipinski definition) is 4. The molecule has 0 aliphatic carbocycles. The summed E-state index contributed by atoms with van der Waals surface area (Å²) in [6.45, 7) is 7.02. The van der Waals surface area contributed by atoms with Gasteiger partial charge in [-0.25, -0.2) is 9.37 Å². The van der Waals surface area contributed by atoms with Gasteiger partial charge in [0.15, 0.2) is 5.82 Å². The molecule has 0 aliphatic heterocycles. The fourth-order valence-corrected chi connectivity index (χ4v) is 2.99. The van der Waals surface area contributed by atoms with Gasteiger partial charge in [-0.05, 0) is 26.5 Å². The van der Waals surface area contributed by atoms with Crippen LogP contribution in [0.5, 0.6) is 0 Å². The summed E-state index contributed by atoms with van der Waals surface area (Å²) in [5.41, 5.74) is 1.48. The number of aryl methyl sites for hydroxylation is 1. The SMILES string of the molecule is CCNC(C)c1sc(-c2ccncc2F)nc1C. The first-order valence-electron chi connectivity index (χ1n) is 5.94. The summed E-state index contributed by atoms with van der Waals surface area (Å²) < 4.78 is 13.7. The molecule has 0 saturated heterocycles. The number of thiazole rings is 1. The molecule has 1 N–H and O–H groups in total. The van der Waals surface area contributed by atoms with Gasteiger partial charge in [-0.1, -0.05) is 6.92 Å². The van der Waals surface area contributed by atoms with E-state index in [9.17, 15) is 4.39 Å². The largest absolute Gasteiger partial charge is 0.310 e. The first-order valence-corrected chi connectivity index (χ1v) is 6.75. The van der Waals surface area contributed by atoms with E-state index in [2.05, 4.69) is 29.1 Å². The molecule has 2 heterocycles. The van der Waals surface area contributed by atoms with E-state index in [1.165, 1.54) is 17.5 Å². The van der Waals surface area contributed by atoms with Crippen LogP contribution < -0.4 is 5.32 Å². The molecule has 0 saturated carbocycles. The lowest BCUT2D eigenvalue weighted by Gasteiger charge is -2.09. The van der Waals surface area contributed by atoms with Crippen LogP contribution in [0, 0.1) is 12.7 Å². The summed E-state index contributed by atoms with van der Waals surface area (Å²) in [5, 5.41) is 4.06. The maximum absolute atomic E-state index is 13.7. The Morgan fingerprint density at radius 3 is 2.94 bits per heavy atom. The van der Waals surface area contributed by atoms with E-state index in [0.717, 1.165) is 17.1 Å². The second kappa shape index (κ2) is 5.54. The van der Waals surface area contributed by atoms with Gasteiger partial charge in [0.1, 0.15) is 5.01 Å². The molecule has 2 aromatic rings. The molecule has 96 valence electrons. The molecular weight excluding hydrogens is 249 g/mol. The topological polar surface area (TPSA) is 37.8 Å². The van der Waals surface area contributed by atoms with E-state index in [1.54, 1.807) is 12.3 Å². The zero-order valence-corrected chi connectivity index (χ0v) is 11.5. The molecule has 1 unspecified atom stereocenters. The Labute approximate surface area is 110 Å². The predicted molar refractivity (Wildman–Crippen MR) is 72.1 cm³/mol. The lowest BCUT2D eigenvalue weighted by Crippen LogP contribution is -2.17. The number of halogens is 1. The predicted octanol–water partition coefficient (Wildman–Crippen LogP) is 3.32. The molecule has 2 aromatic heterocycles. The van der Waals surface area contributed by atoms with Gasteiger partial charge in [-0.3, -0.25) is 4.98 Å². The highest BCUT2D eigenvalue weighted by molar-refractivity contribution is 7.15. The van der Waals surface area contributed by atoms with Crippen LogP contribution in [0.1, 0.15) is 30.5 Å². The molecule has 18 heavy (non-hydrogen) atoms. The molecule has 0 spiro atoms. The quantitative estimate of drug-likeness (QED) is 0.921. The van der Waals surface area contributed by atoms with Gasteiger partial charge in [0.25, 0.3) is 0 Å². The van der Waals surface area contributed by atoms with E-state index in [1.807, 2.05) is 6.92 Å². The molecule has 0 amide bonds. The molecule has 0 aromatic carbocycles. The molecule has 1 atom stereocenters. The van der Waals surface area contributed by atoms with Gasteiger partial charge >= 0.3 is 0 Å². The van der Waals surface area contributed by atoms with Gasteiger partial charge in [-0.2, -0.15) is 0 Å². The zero-order chi connectivity index (χ0) is 13.1. The average Bonchev–Trinajstić information content (AvgIpc) is 2.72. The van der Waals surface area contributed by atoms with Crippen LogP contribution in [-0.2, 0) is 0 Å². The fraction of sp³-hybridized carbons (Fsp3) is 0.385. The second-order valence-corrected chi connectivity index (χ2v) is 5.13. The summed E-state index contributed by atoms with van der Waals surface area (Å²) >= 11 is 1.53. The van der Waals surface area contributed by atoms with Gasteiger partial charge in [0.05, 0.1) is 11.9 Å². The molecule has 0 aliphatic rings. The van der Waals surface area contributed by atoms with E-state index in [0.29, 0.717) is 10.6 Å². The van der Waals surface area contributed by atoms with Crippen LogP contribution in [0.15, 0.2) is 18.5 Å². The lowest BCUT2D eigenvalue weighted by molar-refractivity contribution is 0.603. The van der Waals surface area contributed by atoms with E-state index >= 15 is 0 Å². The lowest BCUT2D eigenvalue weighted by atomic mass is 10.2. The third-order valence-electron chi connectivity index (χ3n) is 2.74. The van der Waals surface area contributed by atoms with Crippen molar-refractivity contribution in [3.05, 3.63) is 34.8 Å². The van der Waals surface area contributed by atoms with Crippen molar-refractivity contribution in [3.63, 3.8) is 0 Å². The van der Waals surface area contributed by atoms with E-state index < -0.39 is 0 Å². The van der Waals surface area contributed by atoms with Crippen LogP contribution in [0.25, 0.3) is 10.6 Å². The number of aromatic nitrogens is 2. The monoisotopic (exact) mass is 265 g/mol. The van der Waals surface area contributed by atoms with Crippen molar-refractivity contribution in [2.45, 2.75) is 26.8 Å². The molecule has 3 nitrogen and oxygen atoms in total. The van der Waals surface area contributed by atoms with Crippen molar-refractivity contribution < 1.29 is 4.39 Å². The Hall–Kier alpha value is -1.33. The number of rotatable bonds is 4. The maximum atomic E-state index is 13.7. The minimum atomic E-state index is -0.325. The number of hydrogen-bond donors (Lipinski definition) is 1. The molecule has 5 heteroatoms. The minimum Gasteiger partial charge on any atom is -0.310 e. The Morgan fingerprint density at radius 2 is 2.28 bits per heavy atom. The Balaban J connectivity index is 2.37. The summed E-state index contributed by atoms with van der Waals surface area (Å²) in [4.78, 5) is 9.37. The van der Waals surface area contributed by atoms with Gasteiger partial charge < -0.3 is 5.32 Å². The number of pyridine rings is 1. The smallest absolute Gasteiger partial charge is 0.151 e. The Kier molecular flexibility index (Phi) is 4.04. The van der Waals surface area contributed by atoms with Crippen LogP contribution in [0.2, 0.25) is 0 Å². The highest BCUT2D eigenvalue weighted by Crippen LogP contribution is 2.32. The van der Waals surface area contributed by atoms with Crippen molar-refractivity contribution in [2.24, 2.45) is 0 Å². The Morgan fingerprint density at radius 1 is 1.50 bits per heavy atom. The van der Waals surface area contributed by atoms with Crippen molar-refractivity contribution >= 4 is 11.3 Å². The second-order valence-electron chi connectivity index (χ2n) is 4.10. The van der Waals surface area contributed by atoms with Gasteiger partial charge in [-0.15, -0.1) is 11.3 Å². The molecular formula is C13H16FN3S. The fourth-order valence-electron chi connectivity index (χ4n) is 1.87. The van der Waals surface area contributed by atoms with Crippen LogP contribution in [-0.4, -0.2) is 16.5 Å². The molecule has 0 fully saturated rings. The number of nitrogens with one attached hydrogen (secondary N) is 1. The normalized spacial score (nSPS) is 12.7. The zero-order valence-electron chi connectivity index (χ0n) is 10.7. The third-order valence-corrected chi connectivity index (χ3v) is 4.11. The minimum absolute atomic E-state index is 0.242.